The molecule has 0 spiro atoms. The van der Waals surface area contributed by atoms with Crippen LogP contribution in [0.3, 0.4) is 0 Å². The molecule has 98 valence electrons. The molecule has 0 amide bonds. The summed E-state index contributed by atoms with van der Waals surface area (Å²) >= 11 is 0. The number of piperazine rings is 1. The second-order valence-electron chi connectivity index (χ2n) is 6.38. The summed E-state index contributed by atoms with van der Waals surface area (Å²) in [6.45, 7) is 7.71. The fourth-order valence-electron chi connectivity index (χ4n) is 3.08. The summed E-state index contributed by atoms with van der Waals surface area (Å²) in [6.07, 6.45) is 6.50. The second kappa shape index (κ2) is 4.97. The molecule has 0 radical (unpaired) electrons. The zero-order valence-electron chi connectivity index (χ0n) is 11.6. The van der Waals surface area contributed by atoms with Gasteiger partial charge in [-0.3, -0.25) is 10.3 Å². The monoisotopic (exact) mass is 237 g/mol. The van der Waals surface area contributed by atoms with Crippen LogP contribution in [-0.2, 0) is 0 Å². The number of rotatable bonds is 1. The van der Waals surface area contributed by atoms with Crippen LogP contribution >= 0.6 is 0 Å². The molecule has 1 heterocycles. The Kier molecular flexibility index (Phi) is 3.76. The minimum Gasteiger partial charge on any atom is -0.357 e. The Morgan fingerprint density at radius 2 is 1.76 bits per heavy atom. The van der Waals surface area contributed by atoms with Crippen molar-refractivity contribution in [3.05, 3.63) is 0 Å². The van der Waals surface area contributed by atoms with E-state index in [-0.39, 0.29) is 5.54 Å². The van der Waals surface area contributed by atoms with Crippen molar-refractivity contribution in [2.24, 2.45) is 5.92 Å². The Bertz CT molecular complexity index is 279. The largest absolute Gasteiger partial charge is 0.357 e. The molecule has 1 aliphatic carbocycles. The summed E-state index contributed by atoms with van der Waals surface area (Å²) in [4.78, 5) is 4.74. The van der Waals surface area contributed by atoms with Crippen LogP contribution in [0.25, 0.3) is 0 Å². The van der Waals surface area contributed by atoms with Gasteiger partial charge in [-0.2, -0.15) is 0 Å². The maximum Gasteiger partial charge on any atom is 0.0990 e. The Morgan fingerprint density at radius 3 is 2.35 bits per heavy atom. The molecule has 1 aliphatic heterocycles. The molecule has 3 nitrogen and oxygen atoms in total. The van der Waals surface area contributed by atoms with E-state index in [2.05, 4.69) is 30.7 Å². The number of hydrogen-bond acceptors (Lipinski definition) is 2. The van der Waals surface area contributed by atoms with Crippen molar-refractivity contribution < 1.29 is 0 Å². The summed E-state index contributed by atoms with van der Waals surface area (Å²) in [5.41, 5.74) is 0.208. The average molecular weight is 237 g/mol. The predicted octanol–water partition coefficient (Wildman–Crippen LogP) is 2.57. The lowest BCUT2D eigenvalue weighted by molar-refractivity contribution is 0.0707. The summed E-state index contributed by atoms with van der Waals surface area (Å²) < 4.78 is 0. The first-order chi connectivity index (χ1) is 8.00. The molecule has 2 aliphatic rings. The number of hydrogen-bond donors (Lipinski definition) is 1. The van der Waals surface area contributed by atoms with Crippen LogP contribution < -0.4 is 0 Å². The van der Waals surface area contributed by atoms with E-state index in [1.54, 1.807) is 0 Å². The molecule has 17 heavy (non-hydrogen) atoms. The Balaban J connectivity index is 1.95. The van der Waals surface area contributed by atoms with Crippen LogP contribution in [0.1, 0.15) is 46.0 Å². The van der Waals surface area contributed by atoms with Gasteiger partial charge in [0.05, 0.1) is 5.84 Å². The highest BCUT2D eigenvalue weighted by Gasteiger charge is 2.34. The molecule has 0 aromatic heterocycles. The van der Waals surface area contributed by atoms with E-state index in [1.807, 2.05) is 0 Å². The van der Waals surface area contributed by atoms with Gasteiger partial charge in [-0.05, 0) is 33.7 Å². The lowest BCUT2D eigenvalue weighted by Gasteiger charge is -2.47. The molecule has 1 saturated heterocycles. The third-order valence-electron chi connectivity index (χ3n) is 4.65. The van der Waals surface area contributed by atoms with E-state index in [0.717, 1.165) is 25.5 Å². The van der Waals surface area contributed by atoms with Crippen LogP contribution in [0.2, 0.25) is 0 Å². The van der Waals surface area contributed by atoms with Gasteiger partial charge in [0.2, 0.25) is 0 Å². The van der Waals surface area contributed by atoms with Gasteiger partial charge in [0.15, 0.2) is 0 Å². The topological polar surface area (TPSA) is 30.3 Å². The van der Waals surface area contributed by atoms with Crippen LogP contribution in [-0.4, -0.2) is 47.9 Å². The summed E-state index contributed by atoms with van der Waals surface area (Å²) in [6, 6.07) is 0. The first kappa shape index (κ1) is 12.9. The number of amidine groups is 1. The minimum atomic E-state index is 0.208. The fraction of sp³-hybridized carbons (Fsp3) is 0.929. The Labute approximate surface area is 106 Å². The average Bonchev–Trinajstić information content (AvgIpc) is 2.33. The van der Waals surface area contributed by atoms with Crippen LogP contribution in [0.15, 0.2) is 0 Å². The number of nitrogens with one attached hydrogen (secondary N) is 1. The van der Waals surface area contributed by atoms with Crippen molar-refractivity contribution >= 4 is 5.84 Å². The molecular weight excluding hydrogens is 210 g/mol. The SMILES string of the molecule is CN1CCN(C(=N)C2CCCCC2)CC1(C)C. The van der Waals surface area contributed by atoms with E-state index in [4.69, 9.17) is 5.41 Å². The standard InChI is InChI=1S/C14H27N3/c1-14(2)11-17(10-9-16(14)3)13(15)12-7-5-4-6-8-12/h12,15H,4-11H2,1-3H3. The molecule has 1 N–H and O–H groups in total. The van der Waals surface area contributed by atoms with Crippen molar-refractivity contribution in [3.8, 4) is 0 Å². The molecule has 0 bridgehead atoms. The van der Waals surface area contributed by atoms with Gasteiger partial charge in [-0.1, -0.05) is 19.3 Å². The molecule has 0 unspecified atom stereocenters. The van der Waals surface area contributed by atoms with Crippen molar-refractivity contribution in [3.63, 3.8) is 0 Å². The van der Waals surface area contributed by atoms with Crippen LogP contribution in [0.4, 0.5) is 0 Å². The third kappa shape index (κ3) is 2.82. The lowest BCUT2D eigenvalue weighted by Crippen LogP contribution is -2.59. The number of nitrogens with zero attached hydrogens (tertiary/aromatic N) is 2. The quantitative estimate of drug-likeness (QED) is 0.561. The van der Waals surface area contributed by atoms with Gasteiger partial charge in [0.25, 0.3) is 0 Å². The molecule has 2 fully saturated rings. The van der Waals surface area contributed by atoms with E-state index in [9.17, 15) is 0 Å². The summed E-state index contributed by atoms with van der Waals surface area (Å²) in [5, 5.41) is 8.43. The lowest BCUT2D eigenvalue weighted by atomic mass is 9.87. The van der Waals surface area contributed by atoms with Crippen LogP contribution in [0, 0.1) is 11.3 Å². The van der Waals surface area contributed by atoms with Crippen LogP contribution in [0.5, 0.6) is 0 Å². The smallest absolute Gasteiger partial charge is 0.0990 e. The molecule has 0 aromatic rings. The van der Waals surface area contributed by atoms with E-state index < -0.39 is 0 Å². The molecule has 2 rings (SSSR count). The fourth-order valence-corrected chi connectivity index (χ4v) is 3.08. The third-order valence-corrected chi connectivity index (χ3v) is 4.65. The molecule has 0 aromatic carbocycles. The highest BCUT2D eigenvalue weighted by atomic mass is 15.3. The van der Waals surface area contributed by atoms with Gasteiger partial charge in [0, 0.05) is 31.1 Å². The predicted molar refractivity (Wildman–Crippen MR) is 72.6 cm³/mol. The van der Waals surface area contributed by atoms with E-state index >= 15 is 0 Å². The van der Waals surface area contributed by atoms with Crippen molar-refractivity contribution in [1.82, 2.24) is 9.80 Å². The first-order valence-corrected chi connectivity index (χ1v) is 7.05. The van der Waals surface area contributed by atoms with Crippen molar-refractivity contribution in [2.75, 3.05) is 26.7 Å². The van der Waals surface area contributed by atoms with E-state index in [0.29, 0.717) is 5.92 Å². The van der Waals surface area contributed by atoms with Gasteiger partial charge in [-0.25, -0.2) is 0 Å². The van der Waals surface area contributed by atoms with Gasteiger partial charge >= 0.3 is 0 Å². The number of likely N-dealkylation sites (N-methyl/N-ethyl adjacent to an activating group) is 1. The summed E-state index contributed by atoms with van der Waals surface area (Å²) in [5.74, 6) is 1.47. The maximum absolute atomic E-state index is 8.43. The first-order valence-electron chi connectivity index (χ1n) is 7.05. The molecule has 0 atom stereocenters. The molecular formula is C14H27N3. The van der Waals surface area contributed by atoms with Gasteiger partial charge in [0.1, 0.15) is 0 Å². The van der Waals surface area contributed by atoms with E-state index in [1.165, 1.54) is 32.1 Å². The Hall–Kier alpha value is -0.570. The highest BCUT2D eigenvalue weighted by molar-refractivity contribution is 5.82. The van der Waals surface area contributed by atoms with Gasteiger partial charge in [-0.15, -0.1) is 0 Å². The zero-order valence-corrected chi connectivity index (χ0v) is 11.6. The summed E-state index contributed by atoms with van der Waals surface area (Å²) in [7, 11) is 2.20. The minimum absolute atomic E-state index is 0.208. The molecule has 3 heteroatoms. The Morgan fingerprint density at radius 1 is 1.12 bits per heavy atom. The second-order valence-corrected chi connectivity index (χ2v) is 6.38. The highest BCUT2D eigenvalue weighted by Crippen LogP contribution is 2.28. The zero-order chi connectivity index (χ0) is 12.5. The van der Waals surface area contributed by atoms with Gasteiger partial charge < -0.3 is 4.90 Å². The van der Waals surface area contributed by atoms with Crippen molar-refractivity contribution in [2.45, 2.75) is 51.5 Å². The van der Waals surface area contributed by atoms with Crippen molar-refractivity contribution in [1.29, 1.82) is 5.41 Å². The molecule has 1 saturated carbocycles. The normalized spacial score (nSPS) is 27.1. The maximum atomic E-state index is 8.43.